The van der Waals surface area contributed by atoms with Gasteiger partial charge in [-0.3, -0.25) is 14.4 Å². The number of carbonyl (C=O) groups excluding carboxylic acids is 2. The van der Waals surface area contributed by atoms with E-state index in [2.05, 4.69) is 72.6 Å². The van der Waals surface area contributed by atoms with Crippen LogP contribution in [0.4, 0.5) is 0 Å². The minimum atomic E-state index is -1.01. The Labute approximate surface area is 265 Å². The van der Waals surface area contributed by atoms with Crippen LogP contribution in [-0.4, -0.2) is 45.4 Å². The van der Waals surface area contributed by atoms with Crippen LogP contribution in [0.2, 0.25) is 0 Å². The van der Waals surface area contributed by atoms with E-state index in [1.165, 1.54) is 18.4 Å². The fourth-order valence-electron chi connectivity index (χ4n) is 4.88. The summed E-state index contributed by atoms with van der Waals surface area (Å²) in [5.41, 5.74) is 6.46. The maximum atomic E-state index is 13.1. The van der Waals surface area contributed by atoms with Gasteiger partial charge < -0.3 is 15.7 Å². The first-order valence-electron chi connectivity index (χ1n) is 15.4. The lowest BCUT2D eigenvalue weighted by Crippen LogP contribution is -2.48. The number of unbranched alkanes of at least 4 members (excludes halogenated alkanes) is 1. The minimum absolute atomic E-state index is 0.0317. The summed E-state index contributed by atoms with van der Waals surface area (Å²) in [6.07, 6.45) is 7.08. The first-order valence-corrected chi connectivity index (χ1v) is 15.4. The minimum Gasteiger partial charge on any atom is -0.481 e. The average Bonchev–Trinajstić information content (AvgIpc) is 3.03. The number of nitrogens with one attached hydrogen (secondary N) is 2. The molecule has 8 heteroatoms. The van der Waals surface area contributed by atoms with Crippen LogP contribution in [0.15, 0.2) is 85.2 Å². The number of carbonyl (C=O) groups is 3. The van der Waals surface area contributed by atoms with Gasteiger partial charge in [0, 0.05) is 42.0 Å². The molecule has 1 aromatic heterocycles. The van der Waals surface area contributed by atoms with Crippen molar-refractivity contribution >= 4 is 17.8 Å². The first kappa shape index (κ1) is 33.1. The molecule has 0 saturated carbocycles. The van der Waals surface area contributed by atoms with E-state index in [9.17, 15) is 14.4 Å². The third-order valence-corrected chi connectivity index (χ3v) is 7.68. The van der Waals surface area contributed by atoms with Crippen LogP contribution in [0, 0.1) is 0 Å². The molecular formula is C37H42N4O4. The van der Waals surface area contributed by atoms with Gasteiger partial charge in [0.15, 0.2) is 5.82 Å². The maximum Gasteiger partial charge on any atom is 0.305 e. The van der Waals surface area contributed by atoms with Crippen molar-refractivity contribution in [3.63, 3.8) is 0 Å². The van der Waals surface area contributed by atoms with Crippen LogP contribution in [0.25, 0.3) is 22.5 Å². The van der Waals surface area contributed by atoms with Crippen LogP contribution >= 0.6 is 0 Å². The average molecular weight is 607 g/mol. The topological polar surface area (TPSA) is 121 Å². The number of nitrogens with zero attached hydrogens (tertiary/aromatic N) is 2. The van der Waals surface area contributed by atoms with Crippen molar-refractivity contribution in [2.24, 2.45) is 0 Å². The fraction of sp³-hybridized carbons (Fsp3) is 0.324. The number of rotatable bonds is 13. The molecule has 0 saturated heterocycles. The van der Waals surface area contributed by atoms with Crippen LogP contribution < -0.4 is 10.6 Å². The smallest absolute Gasteiger partial charge is 0.305 e. The van der Waals surface area contributed by atoms with E-state index >= 15 is 0 Å². The van der Waals surface area contributed by atoms with Crippen molar-refractivity contribution in [1.82, 2.24) is 20.6 Å². The van der Waals surface area contributed by atoms with Crippen molar-refractivity contribution in [2.75, 3.05) is 6.54 Å². The van der Waals surface area contributed by atoms with E-state index in [0.29, 0.717) is 11.4 Å². The van der Waals surface area contributed by atoms with Gasteiger partial charge in [0.05, 0.1) is 6.42 Å². The zero-order valence-electron chi connectivity index (χ0n) is 26.5. The monoisotopic (exact) mass is 606 g/mol. The third-order valence-electron chi connectivity index (χ3n) is 7.68. The number of carboxylic acids is 1. The van der Waals surface area contributed by atoms with Gasteiger partial charge in [-0.25, -0.2) is 9.97 Å². The molecule has 0 aliphatic rings. The van der Waals surface area contributed by atoms with Gasteiger partial charge in [0.25, 0.3) is 5.91 Å². The van der Waals surface area contributed by atoms with Gasteiger partial charge in [-0.1, -0.05) is 94.8 Å². The molecule has 2 amide bonds. The molecule has 0 bridgehead atoms. The summed E-state index contributed by atoms with van der Waals surface area (Å²) in [6, 6.07) is 22.5. The third kappa shape index (κ3) is 9.57. The lowest BCUT2D eigenvalue weighted by molar-refractivity contribution is -0.137. The second-order valence-corrected chi connectivity index (χ2v) is 12.3. The van der Waals surface area contributed by atoms with E-state index in [4.69, 9.17) is 5.11 Å². The van der Waals surface area contributed by atoms with Crippen molar-refractivity contribution in [3.8, 4) is 22.5 Å². The van der Waals surface area contributed by atoms with E-state index in [1.54, 1.807) is 12.1 Å². The SMILES string of the molecule is CCCCc1ccc(-c2cnc(-c3ccc(C[C@H](NC(=O)c4ccc(C(C)(C)C)cc4)C(=O)NCCC(=O)O)cc3)nc2)cc1. The van der Waals surface area contributed by atoms with Gasteiger partial charge in [-0.2, -0.15) is 0 Å². The van der Waals surface area contributed by atoms with Gasteiger partial charge in [-0.05, 0) is 52.6 Å². The molecular weight excluding hydrogens is 564 g/mol. The Kier molecular flexibility index (Phi) is 11.2. The Bertz CT molecular complexity index is 1570. The standard InChI is InChI=1S/C37H42N4O4/c1-5-6-7-25-8-12-27(13-9-25)30-23-39-34(40-24-30)28-14-10-26(11-15-28)22-32(36(45)38-21-20-33(42)43)41-35(44)29-16-18-31(19-17-29)37(2,3)4/h8-19,23-24,32H,5-7,20-22H2,1-4H3,(H,38,45)(H,41,44)(H,42,43)/t32-/m0/s1. The number of hydrogen-bond donors (Lipinski definition) is 3. The highest BCUT2D eigenvalue weighted by Crippen LogP contribution is 2.23. The molecule has 8 nitrogen and oxygen atoms in total. The highest BCUT2D eigenvalue weighted by molar-refractivity contribution is 5.97. The Morgan fingerprint density at radius 1 is 0.800 bits per heavy atom. The highest BCUT2D eigenvalue weighted by Gasteiger charge is 2.23. The lowest BCUT2D eigenvalue weighted by Gasteiger charge is -2.20. The lowest BCUT2D eigenvalue weighted by atomic mass is 9.86. The fourth-order valence-corrected chi connectivity index (χ4v) is 4.88. The molecule has 4 rings (SSSR count). The second-order valence-electron chi connectivity index (χ2n) is 12.3. The van der Waals surface area contributed by atoms with E-state index in [1.807, 2.05) is 48.8 Å². The summed E-state index contributed by atoms with van der Waals surface area (Å²) in [5, 5.41) is 14.4. The molecule has 0 spiro atoms. The second kappa shape index (κ2) is 15.2. The summed E-state index contributed by atoms with van der Waals surface area (Å²) in [7, 11) is 0. The van der Waals surface area contributed by atoms with E-state index in [0.717, 1.165) is 34.2 Å². The number of aromatic nitrogens is 2. The molecule has 3 aromatic carbocycles. The summed E-state index contributed by atoms with van der Waals surface area (Å²) in [4.78, 5) is 46.3. The predicted molar refractivity (Wildman–Crippen MR) is 177 cm³/mol. The van der Waals surface area contributed by atoms with Crippen molar-refractivity contribution in [3.05, 3.63) is 107 Å². The summed E-state index contributed by atoms with van der Waals surface area (Å²) in [6.45, 7) is 8.45. The zero-order chi connectivity index (χ0) is 32.4. The predicted octanol–water partition coefficient (Wildman–Crippen LogP) is 6.38. The Balaban J connectivity index is 1.44. The van der Waals surface area contributed by atoms with Gasteiger partial charge in [0.1, 0.15) is 6.04 Å². The molecule has 0 aliphatic carbocycles. The van der Waals surface area contributed by atoms with Crippen molar-refractivity contribution in [2.45, 2.75) is 71.3 Å². The normalized spacial score (nSPS) is 11.9. The molecule has 0 fully saturated rings. The van der Waals surface area contributed by atoms with Crippen molar-refractivity contribution in [1.29, 1.82) is 0 Å². The summed E-state index contributed by atoms with van der Waals surface area (Å²) < 4.78 is 0. The molecule has 1 heterocycles. The maximum absolute atomic E-state index is 13.1. The van der Waals surface area contributed by atoms with Gasteiger partial charge >= 0.3 is 5.97 Å². The number of hydrogen-bond acceptors (Lipinski definition) is 5. The number of benzene rings is 3. The van der Waals surface area contributed by atoms with Crippen molar-refractivity contribution < 1.29 is 19.5 Å². The Hall–Kier alpha value is -4.85. The Morgan fingerprint density at radius 3 is 1.98 bits per heavy atom. The van der Waals surface area contributed by atoms with Crippen LogP contribution in [0.3, 0.4) is 0 Å². The number of amides is 2. The number of aliphatic carboxylic acids is 1. The molecule has 0 unspecified atom stereocenters. The summed E-state index contributed by atoms with van der Waals surface area (Å²) in [5.74, 6) is -1.26. The largest absolute Gasteiger partial charge is 0.481 e. The number of carboxylic acid groups (broad SMARTS) is 1. The molecule has 3 N–H and O–H groups in total. The molecule has 4 aromatic rings. The highest BCUT2D eigenvalue weighted by atomic mass is 16.4. The van der Waals surface area contributed by atoms with E-state index < -0.39 is 17.9 Å². The quantitative estimate of drug-likeness (QED) is 0.162. The summed E-state index contributed by atoms with van der Waals surface area (Å²) >= 11 is 0. The van der Waals surface area contributed by atoms with Gasteiger partial charge in [0.2, 0.25) is 5.91 Å². The van der Waals surface area contributed by atoms with Crippen LogP contribution in [0.5, 0.6) is 0 Å². The van der Waals surface area contributed by atoms with Gasteiger partial charge in [-0.15, -0.1) is 0 Å². The van der Waals surface area contributed by atoms with Crippen LogP contribution in [0.1, 0.15) is 74.0 Å². The molecule has 0 aliphatic heterocycles. The van der Waals surface area contributed by atoms with Crippen LogP contribution in [-0.2, 0) is 27.8 Å². The Morgan fingerprint density at radius 2 is 1.40 bits per heavy atom. The van der Waals surface area contributed by atoms with E-state index in [-0.39, 0.29) is 30.7 Å². The molecule has 0 radical (unpaired) electrons. The molecule has 1 atom stereocenters. The molecule has 234 valence electrons. The first-order chi connectivity index (χ1) is 21.5. The zero-order valence-corrected chi connectivity index (χ0v) is 26.5. The number of aryl methyl sites for hydroxylation is 1. The molecule has 45 heavy (non-hydrogen) atoms.